The van der Waals surface area contributed by atoms with E-state index in [1.165, 1.54) is 25.9 Å². The summed E-state index contributed by atoms with van der Waals surface area (Å²) in [4.78, 5) is 6.43. The first-order chi connectivity index (χ1) is 7.61. The highest BCUT2D eigenvalue weighted by atomic mass is 15.2. The molecular formula is C13H25N3. The second-order valence-electron chi connectivity index (χ2n) is 4.94. The van der Waals surface area contributed by atoms with E-state index in [9.17, 15) is 0 Å². The van der Waals surface area contributed by atoms with E-state index in [2.05, 4.69) is 42.1 Å². The molecular weight excluding hydrogens is 198 g/mol. The van der Waals surface area contributed by atoms with Crippen LogP contribution in [0.4, 0.5) is 0 Å². The summed E-state index contributed by atoms with van der Waals surface area (Å²) in [5.41, 5.74) is 0. The lowest BCUT2D eigenvalue weighted by Crippen LogP contribution is -2.26. The third-order valence-corrected chi connectivity index (χ3v) is 2.99. The molecule has 0 spiro atoms. The largest absolute Gasteiger partial charge is 0.335 e. The monoisotopic (exact) mass is 223 g/mol. The molecule has 92 valence electrons. The smallest absolute Gasteiger partial charge is 0.0948 e. The van der Waals surface area contributed by atoms with E-state index in [-0.39, 0.29) is 0 Å². The first-order valence-corrected chi connectivity index (χ1v) is 6.32. The van der Waals surface area contributed by atoms with E-state index in [0.717, 1.165) is 6.04 Å². The van der Waals surface area contributed by atoms with Crippen molar-refractivity contribution in [1.29, 1.82) is 0 Å². The molecule has 1 fully saturated rings. The fraction of sp³-hybridized carbons (Fsp3) is 0.769. The summed E-state index contributed by atoms with van der Waals surface area (Å²) < 4.78 is 2.06. The lowest BCUT2D eigenvalue weighted by Gasteiger charge is -2.18. The van der Waals surface area contributed by atoms with Crippen molar-refractivity contribution in [2.75, 3.05) is 13.1 Å². The normalized spacial score (nSPS) is 16.6. The van der Waals surface area contributed by atoms with Crippen molar-refractivity contribution >= 4 is 0 Å². The molecule has 1 aliphatic heterocycles. The number of rotatable bonds is 2. The Kier molecular flexibility index (Phi) is 5.53. The molecule has 1 aromatic rings. The Morgan fingerprint density at radius 2 is 1.62 bits per heavy atom. The number of nitrogens with zero attached hydrogens (tertiary/aromatic N) is 3. The van der Waals surface area contributed by atoms with Crippen LogP contribution in [0.3, 0.4) is 0 Å². The second kappa shape index (κ2) is 6.69. The molecule has 3 heteroatoms. The Labute approximate surface area is 99.5 Å². The van der Waals surface area contributed by atoms with Gasteiger partial charge in [0.1, 0.15) is 0 Å². The lowest BCUT2D eigenvalue weighted by molar-refractivity contribution is 0.276. The van der Waals surface area contributed by atoms with Crippen molar-refractivity contribution < 1.29 is 0 Å². The van der Waals surface area contributed by atoms with Crippen molar-refractivity contribution in [3.05, 3.63) is 18.7 Å². The maximum absolute atomic E-state index is 3.91. The predicted molar refractivity (Wildman–Crippen MR) is 68.6 cm³/mol. The molecule has 0 N–H and O–H groups in total. The fourth-order valence-corrected chi connectivity index (χ4v) is 1.83. The molecule has 0 aromatic carbocycles. The lowest BCUT2D eigenvalue weighted by atomic mass is 10.3. The van der Waals surface area contributed by atoms with E-state index in [4.69, 9.17) is 0 Å². The molecule has 16 heavy (non-hydrogen) atoms. The Morgan fingerprint density at radius 3 is 1.88 bits per heavy atom. The standard InChI is InChI=1S/C7H15N.C6H10N2/c1-7(2)8-5-3-4-6-8;1-6(2)8-4-3-7-5-8/h7H,3-6H2,1-2H3;3-6H,1-2H3. The second-order valence-corrected chi connectivity index (χ2v) is 4.94. The van der Waals surface area contributed by atoms with Gasteiger partial charge in [0.25, 0.3) is 0 Å². The molecule has 0 amide bonds. The van der Waals surface area contributed by atoms with E-state index >= 15 is 0 Å². The minimum absolute atomic E-state index is 0.539. The Balaban J connectivity index is 0.000000160. The topological polar surface area (TPSA) is 21.1 Å². The van der Waals surface area contributed by atoms with E-state index in [1.54, 1.807) is 6.20 Å². The molecule has 0 radical (unpaired) electrons. The van der Waals surface area contributed by atoms with Crippen molar-refractivity contribution in [2.24, 2.45) is 0 Å². The zero-order chi connectivity index (χ0) is 12.0. The van der Waals surface area contributed by atoms with Crippen molar-refractivity contribution in [2.45, 2.75) is 52.6 Å². The van der Waals surface area contributed by atoms with Crippen molar-refractivity contribution in [1.82, 2.24) is 14.5 Å². The summed E-state index contributed by atoms with van der Waals surface area (Å²) in [6, 6.07) is 1.31. The van der Waals surface area contributed by atoms with Gasteiger partial charge < -0.3 is 9.47 Å². The Morgan fingerprint density at radius 1 is 1.00 bits per heavy atom. The van der Waals surface area contributed by atoms with Gasteiger partial charge in [-0.15, -0.1) is 0 Å². The van der Waals surface area contributed by atoms with Crippen LogP contribution in [0, 0.1) is 0 Å². The van der Waals surface area contributed by atoms with Gasteiger partial charge in [0, 0.05) is 24.5 Å². The molecule has 2 heterocycles. The summed E-state index contributed by atoms with van der Waals surface area (Å²) >= 11 is 0. The number of imidazole rings is 1. The van der Waals surface area contributed by atoms with Gasteiger partial charge in [-0.25, -0.2) is 4.98 Å². The number of likely N-dealkylation sites (tertiary alicyclic amines) is 1. The van der Waals surface area contributed by atoms with E-state index < -0.39 is 0 Å². The number of aromatic nitrogens is 2. The SMILES string of the molecule is CC(C)N1CCCC1.CC(C)n1ccnc1. The zero-order valence-corrected chi connectivity index (χ0v) is 11.1. The average Bonchev–Trinajstić information content (AvgIpc) is 2.93. The first kappa shape index (κ1) is 13.2. The summed E-state index contributed by atoms with van der Waals surface area (Å²) in [6.45, 7) is 11.5. The highest BCUT2D eigenvalue weighted by Gasteiger charge is 2.13. The molecule has 0 aliphatic carbocycles. The molecule has 3 nitrogen and oxygen atoms in total. The van der Waals surface area contributed by atoms with Crippen LogP contribution in [0.1, 0.15) is 46.6 Å². The summed E-state index contributed by atoms with van der Waals surface area (Å²) in [7, 11) is 0. The molecule has 2 rings (SSSR count). The Bertz CT molecular complexity index is 259. The quantitative estimate of drug-likeness (QED) is 0.768. The summed E-state index contributed by atoms with van der Waals surface area (Å²) in [5.74, 6) is 0. The maximum atomic E-state index is 3.91. The summed E-state index contributed by atoms with van der Waals surface area (Å²) in [5, 5.41) is 0. The molecule has 0 bridgehead atoms. The van der Waals surface area contributed by atoms with E-state index in [1.807, 2.05) is 12.5 Å². The van der Waals surface area contributed by atoms with Crippen LogP contribution in [0.15, 0.2) is 18.7 Å². The highest BCUT2D eigenvalue weighted by molar-refractivity contribution is 4.76. The van der Waals surface area contributed by atoms with Gasteiger partial charge in [-0.05, 0) is 53.6 Å². The van der Waals surface area contributed by atoms with Gasteiger partial charge in [0.15, 0.2) is 0 Å². The number of hydrogen-bond donors (Lipinski definition) is 0. The number of hydrogen-bond acceptors (Lipinski definition) is 2. The molecule has 1 saturated heterocycles. The van der Waals surface area contributed by atoms with Crippen molar-refractivity contribution in [3.63, 3.8) is 0 Å². The van der Waals surface area contributed by atoms with Crippen LogP contribution in [0.25, 0.3) is 0 Å². The molecule has 1 aliphatic rings. The summed E-state index contributed by atoms with van der Waals surface area (Å²) in [6.07, 6.45) is 8.41. The minimum atomic E-state index is 0.539. The minimum Gasteiger partial charge on any atom is -0.335 e. The molecule has 1 aromatic heterocycles. The van der Waals surface area contributed by atoms with Crippen LogP contribution in [0.5, 0.6) is 0 Å². The third kappa shape index (κ3) is 4.35. The maximum Gasteiger partial charge on any atom is 0.0948 e. The van der Waals surface area contributed by atoms with Gasteiger partial charge in [0.2, 0.25) is 0 Å². The van der Waals surface area contributed by atoms with Crippen molar-refractivity contribution in [3.8, 4) is 0 Å². The average molecular weight is 223 g/mol. The van der Waals surface area contributed by atoms with Crippen LogP contribution in [-0.2, 0) is 0 Å². The molecule has 0 unspecified atom stereocenters. The van der Waals surface area contributed by atoms with E-state index in [0.29, 0.717) is 6.04 Å². The van der Waals surface area contributed by atoms with Crippen LogP contribution < -0.4 is 0 Å². The van der Waals surface area contributed by atoms with Crippen LogP contribution in [0.2, 0.25) is 0 Å². The molecule has 0 saturated carbocycles. The van der Waals surface area contributed by atoms with Gasteiger partial charge >= 0.3 is 0 Å². The Hall–Kier alpha value is -0.830. The predicted octanol–water partition coefficient (Wildman–Crippen LogP) is 2.95. The molecule has 0 atom stereocenters. The zero-order valence-electron chi connectivity index (χ0n) is 11.1. The van der Waals surface area contributed by atoms with Crippen LogP contribution >= 0.6 is 0 Å². The van der Waals surface area contributed by atoms with Gasteiger partial charge in [-0.2, -0.15) is 0 Å². The first-order valence-electron chi connectivity index (χ1n) is 6.32. The van der Waals surface area contributed by atoms with Crippen LogP contribution in [-0.4, -0.2) is 33.6 Å². The van der Waals surface area contributed by atoms with Gasteiger partial charge in [-0.3, -0.25) is 0 Å². The van der Waals surface area contributed by atoms with Gasteiger partial charge in [0.05, 0.1) is 6.33 Å². The fourth-order valence-electron chi connectivity index (χ4n) is 1.83. The third-order valence-electron chi connectivity index (χ3n) is 2.99. The highest BCUT2D eigenvalue weighted by Crippen LogP contribution is 2.09. The van der Waals surface area contributed by atoms with Gasteiger partial charge in [-0.1, -0.05) is 0 Å².